The van der Waals surface area contributed by atoms with E-state index in [2.05, 4.69) is 32.5 Å². The van der Waals surface area contributed by atoms with Crippen molar-refractivity contribution in [3.05, 3.63) is 30.1 Å². The average molecular weight is 534 g/mol. The molecular weight excluding hydrogens is 501 g/mol. The highest BCUT2D eigenvalue weighted by Gasteiger charge is 2.33. The molecule has 3 unspecified atom stereocenters. The summed E-state index contributed by atoms with van der Waals surface area (Å²) in [7, 11) is 2.20. The van der Waals surface area contributed by atoms with Crippen LogP contribution >= 0.6 is 11.3 Å². The van der Waals surface area contributed by atoms with E-state index in [0.717, 1.165) is 54.2 Å². The molecule has 11 heteroatoms. The van der Waals surface area contributed by atoms with Crippen molar-refractivity contribution >= 4 is 49.5 Å². The van der Waals surface area contributed by atoms with E-state index in [-0.39, 0.29) is 5.82 Å². The van der Waals surface area contributed by atoms with Crippen LogP contribution in [0, 0.1) is 5.82 Å². The molecule has 1 aromatic carbocycles. The minimum absolute atomic E-state index is 0.323. The van der Waals surface area contributed by atoms with Crippen LogP contribution in [-0.2, 0) is 0 Å². The molecule has 3 saturated heterocycles. The molecule has 4 aromatic rings. The molecule has 3 aromatic heterocycles. The number of piperazine rings is 1. The summed E-state index contributed by atoms with van der Waals surface area (Å²) in [6.07, 6.45) is 5.95. The maximum absolute atomic E-state index is 14.4. The monoisotopic (exact) mass is 533 g/mol. The van der Waals surface area contributed by atoms with Gasteiger partial charge in [0.25, 0.3) is 0 Å². The number of fused-ring (bicyclic) bond motifs is 4. The van der Waals surface area contributed by atoms with E-state index in [4.69, 9.17) is 20.7 Å². The molecule has 3 fully saturated rings. The molecule has 0 saturated carbocycles. The predicted octanol–water partition coefficient (Wildman–Crippen LogP) is 3.86. The molecule has 0 amide bonds. The molecule has 3 atom stereocenters. The number of halogens is 1. The lowest BCUT2D eigenvalue weighted by molar-refractivity contribution is 0.301. The van der Waals surface area contributed by atoms with E-state index in [9.17, 15) is 4.39 Å². The number of likely N-dealkylation sites (tertiary alicyclic amines) is 1. The minimum Gasteiger partial charge on any atom is -0.375 e. The highest BCUT2D eigenvalue weighted by molar-refractivity contribution is 7.22. The van der Waals surface area contributed by atoms with Crippen molar-refractivity contribution < 1.29 is 4.39 Å². The molecule has 0 spiro atoms. The molecule has 0 radical (unpaired) electrons. The number of pyridine rings is 1. The summed E-state index contributed by atoms with van der Waals surface area (Å²) in [5, 5.41) is 8.46. The second kappa shape index (κ2) is 9.55. The van der Waals surface area contributed by atoms with E-state index in [1.54, 1.807) is 6.07 Å². The summed E-state index contributed by atoms with van der Waals surface area (Å²) in [6, 6.07) is 8.75. The fourth-order valence-corrected chi connectivity index (χ4v) is 7.09. The van der Waals surface area contributed by atoms with Gasteiger partial charge in [-0.15, -0.1) is 0 Å². The first-order valence-electron chi connectivity index (χ1n) is 13.5. The van der Waals surface area contributed by atoms with Crippen LogP contribution in [0.1, 0.15) is 32.1 Å². The second-order valence-corrected chi connectivity index (χ2v) is 11.8. The second-order valence-electron chi connectivity index (χ2n) is 10.8. The summed E-state index contributed by atoms with van der Waals surface area (Å²) in [6.45, 7) is 3.82. The van der Waals surface area contributed by atoms with Crippen molar-refractivity contribution in [1.29, 1.82) is 0 Å². The van der Waals surface area contributed by atoms with Crippen LogP contribution in [0.15, 0.2) is 24.3 Å². The van der Waals surface area contributed by atoms with Gasteiger partial charge in [0.15, 0.2) is 10.8 Å². The number of aromatic nitrogens is 4. The van der Waals surface area contributed by atoms with Crippen LogP contribution in [0.4, 0.5) is 21.3 Å². The van der Waals surface area contributed by atoms with Gasteiger partial charge in [-0.25, -0.2) is 14.4 Å². The van der Waals surface area contributed by atoms with Crippen LogP contribution in [0.2, 0.25) is 0 Å². The van der Waals surface area contributed by atoms with Crippen molar-refractivity contribution in [3.8, 4) is 11.3 Å². The Balaban J connectivity index is 1.27. The number of hydrogen-bond acceptors (Lipinski definition) is 10. The molecule has 9 nitrogen and oxygen atoms in total. The maximum Gasteiger partial charge on any atom is 0.226 e. The lowest BCUT2D eigenvalue weighted by Crippen LogP contribution is -2.51. The molecule has 2 bridgehead atoms. The Hall–Kier alpha value is -3.15. The van der Waals surface area contributed by atoms with E-state index < -0.39 is 0 Å². The lowest BCUT2D eigenvalue weighted by atomic mass is 10.1. The van der Waals surface area contributed by atoms with Crippen molar-refractivity contribution in [3.63, 3.8) is 0 Å². The molecule has 6 heterocycles. The predicted molar refractivity (Wildman–Crippen MR) is 151 cm³/mol. The zero-order chi connectivity index (χ0) is 25.8. The Morgan fingerprint density at radius 2 is 1.92 bits per heavy atom. The van der Waals surface area contributed by atoms with Crippen LogP contribution < -0.4 is 21.3 Å². The standard InChI is InChI=1S/C27H32FN9S/c1-36-12-2-3-17(36)10-11-30-27-34-24-19(25(35-27)37-13-15-4-5-16(14-37)31-15)7-9-21(32-24)18-6-8-20(28)23-22(18)33-26(29)38-23/h6-9,15-17,31H,2-5,10-14H2,1H3,(H2,29,33)(H,30,32,34,35). The van der Waals surface area contributed by atoms with Gasteiger partial charge >= 0.3 is 0 Å². The summed E-state index contributed by atoms with van der Waals surface area (Å²) in [4.78, 5) is 24.1. The Morgan fingerprint density at radius 1 is 1.08 bits per heavy atom. The van der Waals surface area contributed by atoms with Gasteiger partial charge in [0, 0.05) is 43.3 Å². The van der Waals surface area contributed by atoms with Crippen molar-refractivity contribution in [2.75, 3.05) is 49.2 Å². The highest BCUT2D eigenvalue weighted by Crippen LogP contribution is 2.36. The quantitative estimate of drug-likeness (QED) is 0.340. The largest absolute Gasteiger partial charge is 0.375 e. The zero-order valence-electron chi connectivity index (χ0n) is 21.5. The van der Waals surface area contributed by atoms with Crippen molar-refractivity contribution in [2.24, 2.45) is 0 Å². The first-order valence-corrected chi connectivity index (χ1v) is 14.3. The molecule has 198 valence electrons. The SMILES string of the molecule is CN1CCCC1CCNc1nc(N2CC3CCC(C2)N3)c2ccc(-c3ccc(F)c4sc(N)nc34)nc2n1. The van der Waals surface area contributed by atoms with E-state index in [1.807, 2.05) is 12.1 Å². The Morgan fingerprint density at radius 3 is 2.71 bits per heavy atom. The summed E-state index contributed by atoms with van der Waals surface area (Å²) >= 11 is 1.15. The smallest absolute Gasteiger partial charge is 0.226 e. The highest BCUT2D eigenvalue weighted by atomic mass is 32.1. The number of nitrogen functional groups attached to an aromatic ring is 1. The number of nitrogens with one attached hydrogen (secondary N) is 2. The third-order valence-corrected chi connectivity index (χ3v) is 9.17. The normalized spacial score (nSPS) is 23.6. The van der Waals surface area contributed by atoms with Crippen LogP contribution in [-0.4, -0.2) is 76.2 Å². The molecule has 3 aliphatic rings. The molecule has 7 rings (SSSR count). The number of benzene rings is 1. The van der Waals surface area contributed by atoms with E-state index in [0.29, 0.717) is 50.8 Å². The van der Waals surface area contributed by atoms with Crippen molar-refractivity contribution in [2.45, 2.75) is 50.2 Å². The molecule has 3 aliphatic heterocycles. The number of nitrogens with zero attached hydrogens (tertiary/aromatic N) is 6. The fourth-order valence-electron chi connectivity index (χ4n) is 6.33. The molecule has 0 aliphatic carbocycles. The average Bonchev–Trinajstić information content (AvgIpc) is 3.61. The zero-order valence-corrected chi connectivity index (χ0v) is 22.3. The first kappa shape index (κ1) is 23.9. The van der Waals surface area contributed by atoms with Gasteiger partial charge in [-0.2, -0.15) is 9.97 Å². The van der Waals surface area contributed by atoms with Gasteiger partial charge in [-0.1, -0.05) is 11.3 Å². The van der Waals surface area contributed by atoms with Gasteiger partial charge in [-0.3, -0.25) is 0 Å². The summed E-state index contributed by atoms with van der Waals surface area (Å²) in [5.74, 6) is 1.21. The Labute approximate surface area is 224 Å². The molecule has 4 N–H and O–H groups in total. The molecular formula is C27H32FN9S. The van der Waals surface area contributed by atoms with Crippen LogP contribution in [0.3, 0.4) is 0 Å². The minimum atomic E-state index is -0.323. The van der Waals surface area contributed by atoms with Gasteiger partial charge in [0.2, 0.25) is 5.95 Å². The number of rotatable bonds is 6. The van der Waals surface area contributed by atoms with Gasteiger partial charge in [0.05, 0.1) is 21.3 Å². The van der Waals surface area contributed by atoms with Crippen molar-refractivity contribution in [1.82, 2.24) is 30.2 Å². The number of thiazole rings is 1. The Bertz CT molecular complexity index is 1500. The number of nitrogens with two attached hydrogens (primary N) is 1. The third kappa shape index (κ3) is 4.32. The van der Waals surface area contributed by atoms with Crippen LogP contribution in [0.25, 0.3) is 32.5 Å². The lowest BCUT2D eigenvalue weighted by Gasteiger charge is -2.34. The third-order valence-electron chi connectivity index (χ3n) is 8.28. The molecule has 38 heavy (non-hydrogen) atoms. The van der Waals surface area contributed by atoms with Gasteiger partial charge in [-0.05, 0) is 70.0 Å². The Kier molecular flexibility index (Phi) is 6.01. The maximum atomic E-state index is 14.4. The first-order chi connectivity index (χ1) is 18.5. The van der Waals surface area contributed by atoms with Gasteiger partial charge in [0.1, 0.15) is 11.6 Å². The van der Waals surface area contributed by atoms with Gasteiger partial charge < -0.3 is 26.2 Å². The number of anilines is 3. The van der Waals surface area contributed by atoms with Crippen LogP contribution in [0.5, 0.6) is 0 Å². The summed E-state index contributed by atoms with van der Waals surface area (Å²) < 4.78 is 14.9. The fraction of sp³-hybridized carbons (Fsp3) is 0.481. The summed E-state index contributed by atoms with van der Waals surface area (Å²) in [5.41, 5.74) is 8.52. The van der Waals surface area contributed by atoms with E-state index >= 15 is 0 Å². The van der Waals surface area contributed by atoms with E-state index in [1.165, 1.54) is 38.3 Å². The topological polar surface area (TPSA) is 108 Å². The number of hydrogen-bond donors (Lipinski definition) is 3.